The van der Waals surface area contributed by atoms with Gasteiger partial charge in [-0.25, -0.2) is 14.8 Å². The van der Waals surface area contributed by atoms with Crippen LogP contribution < -0.4 is 5.32 Å². The standard InChI is InChI=1S/C10H7ClN4O3/c11-5-1-2-12-6(3-5)15-9(16)7-8(10(17)18)14-4-13-7/h1-4H,(H,13,14)(H,17,18)(H,12,15,16). The Labute approximate surface area is 106 Å². The second-order valence-corrected chi connectivity index (χ2v) is 3.68. The highest BCUT2D eigenvalue weighted by molar-refractivity contribution is 6.30. The Hall–Kier alpha value is -2.41. The fourth-order valence-electron chi connectivity index (χ4n) is 1.28. The molecule has 7 nitrogen and oxygen atoms in total. The minimum Gasteiger partial charge on any atom is -0.477 e. The third kappa shape index (κ3) is 2.46. The minimum atomic E-state index is -1.27. The Balaban J connectivity index is 2.22. The lowest BCUT2D eigenvalue weighted by Crippen LogP contribution is -2.17. The van der Waals surface area contributed by atoms with Crippen molar-refractivity contribution in [2.75, 3.05) is 5.32 Å². The van der Waals surface area contributed by atoms with Gasteiger partial charge in [0, 0.05) is 11.2 Å². The van der Waals surface area contributed by atoms with Gasteiger partial charge in [-0.1, -0.05) is 11.6 Å². The molecule has 92 valence electrons. The number of carboxylic acid groups (broad SMARTS) is 1. The maximum atomic E-state index is 11.8. The van der Waals surface area contributed by atoms with E-state index in [-0.39, 0.29) is 17.2 Å². The van der Waals surface area contributed by atoms with E-state index in [0.717, 1.165) is 6.33 Å². The number of carboxylic acids is 1. The summed E-state index contributed by atoms with van der Waals surface area (Å²) in [6, 6.07) is 2.99. The van der Waals surface area contributed by atoms with E-state index in [9.17, 15) is 9.59 Å². The van der Waals surface area contributed by atoms with Crippen LogP contribution in [0.3, 0.4) is 0 Å². The average Bonchev–Trinajstić information content (AvgIpc) is 2.77. The predicted octanol–water partition coefficient (Wildman–Crippen LogP) is 1.41. The second-order valence-electron chi connectivity index (χ2n) is 3.24. The van der Waals surface area contributed by atoms with Gasteiger partial charge in [0.15, 0.2) is 11.4 Å². The number of nitrogens with zero attached hydrogens (tertiary/aromatic N) is 2. The molecule has 0 aliphatic heterocycles. The molecule has 18 heavy (non-hydrogen) atoms. The van der Waals surface area contributed by atoms with E-state index in [2.05, 4.69) is 20.3 Å². The molecule has 0 unspecified atom stereocenters. The molecule has 3 N–H and O–H groups in total. The van der Waals surface area contributed by atoms with E-state index in [1.54, 1.807) is 6.07 Å². The maximum absolute atomic E-state index is 11.8. The van der Waals surface area contributed by atoms with Gasteiger partial charge in [0.05, 0.1) is 6.33 Å². The third-order valence-corrected chi connectivity index (χ3v) is 2.27. The number of rotatable bonds is 3. The van der Waals surface area contributed by atoms with E-state index >= 15 is 0 Å². The van der Waals surface area contributed by atoms with E-state index in [0.29, 0.717) is 5.02 Å². The summed E-state index contributed by atoms with van der Waals surface area (Å²) in [6.45, 7) is 0. The van der Waals surface area contributed by atoms with Crippen LogP contribution >= 0.6 is 11.6 Å². The van der Waals surface area contributed by atoms with Gasteiger partial charge in [0.1, 0.15) is 5.82 Å². The molecule has 0 aliphatic rings. The highest BCUT2D eigenvalue weighted by Gasteiger charge is 2.19. The second kappa shape index (κ2) is 4.84. The number of carbonyl (C=O) groups excluding carboxylic acids is 1. The van der Waals surface area contributed by atoms with Gasteiger partial charge >= 0.3 is 5.97 Å². The van der Waals surface area contributed by atoms with Gasteiger partial charge in [0.2, 0.25) is 0 Å². The van der Waals surface area contributed by atoms with Crippen molar-refractivity contribution in [2.24, 2.45) is 0 Å². The molecular weight excluding hydrogens is 260 g/mol. The Kier molecular flexibility index (Phi) is 3.24. The molecule has 8 heteroatoms. The number of imidazole rings is 1. The number of aromatic carboxylic acids is 1. The normalized spacial score (nSPS) is 10.1. The van der Waals surface area contributed by atoms with Crippen molar-refractivity contribution in [3.05, 3.63) is 41.1 Å². The minimum absolute atomic E-state index is 0.215. The summed E-state index contributed by atoms with van der Waals surface area (Å²) in [5.41, 5.74) is -0.501. The highest BCUT2D eigenvalue weighted by atomic mass is 35.5. The number of nitrogens with one attached hydrogen (secondary N) is 2. The van der Waals surface area contributed by atoms with Gasteiger partial charge in [-0.2, -0.15) is 0 Å². The molecule has 0 aromatic carbocycles. The Bertz CT molecular complexity index is 611. The molecule has 2 rings (SSSR count). The first-order valence-electron chi connectivity index (χ1n) is 4.77. The van der Waals surface area contributed by atoms with Crippen molar-refractivity contribution < 1.29 is 14.7 Å². The van der Waals surface area contributed by atoms with Crippen LogP contribution in [-0.2, 0) is 0 Å². The van der Waals surface area contributed by atoms with Crippen LogP contribution in [0.5, 0.6) is 0 Å². The fraction of sp³-hybridized carbons (Fsp3) is 0. The summed E-state index contributed by atoms with van der Waals surface area (Å²) >= 11 is 5.73. The summed E-state index contributed by atoms with van der Waals surface area (Å²) < 4.78 is 0. The molecule has 0 saturated carbocycles. The first-order chi connectivity index (χ1) is 8.58. The fourth-order valence-corrected chi connectivity index (χ4v) is 1.44. The van der Waals surface area contributed by atoms with Crippen LogP contribution in [0.4, 0.5) is 5.82 Å². The van der Waals surface area contributed by atoms with Crippen LogP contribution in [0.1, 0.15) is 21.0 Å². The van der Waals surface area contributed by atoms with Gasteiger partial charge in [-0.15, -0.1) is 0 Å². The number of H-pyrrole nitrogens is 1. The quantitative estimate of drug-likeness (QED) is 0.778. The van der Waals surface area contributed by atoms with Crippen LogP contribution in [-0.4, -0.2) is 31.9 Å². The first kappa shape index (κ1) is 12.1. The number of pyridine rings is 1. The van der Waals surface area contributed by atoms with Crippen molar-refractivity contribution in [1.29, 1.82) is 0 Å². The van der Waals surface area contributed by atoms with Gasteiger partial charge < -0.3 is 15.4 Å². The lowest BCUT2D eigenvalue weighted by molar-refractivity contribution is 0.0686. The van der Waals surface area contributed by atoms with E-state index in [1.807, 2.05) is 0 Å². The predicted molar refractivity (Wildman–Crippen MR) is 62.7 cm³/mol. The summed E-state index contributed by atoms with van der Waals surface area (Å²) in [5.74, 6) is -1.73. The SMILES string of the molecule is O=C(Nc1cc(Cl)ccn1)c1nc[nH]c1C(=O)O. The zero-order chi connectivity index (χ0) is 13.1. The average molecular weight is 267 g/mol. The Morgan fingerprint density at radius 3 is 2.83 bits per heavy atom. The van der Waals surface area contributed by atoms with Crippen molar-refractivity contribution in [2.45, 2.75) is 0 Å². The van der Waals surface area contributed by atoms with Crippen molar-refractivity contribution >= 4 is 29.3 Å². The number of anilines is 1. The van der Waals surface area contributed by atoms with E-state index < -0.39 is 11.9 Å². The molecule has 2 aromatic heterocycles. The molecular formula is C10H7ClN4O3. The molecule has 0 fully saturated rings. The highest BCUT2D eigenvalue weighted by Crippen LogP contribution is 2.13. The molecule has 0 saturated heterocycles. The van der Waals surface area contributed by atoms with Crippen LogP contribution in [0.2, 0.25) is 5.02 Å². The topological polar surface area (TPSA) is 108 Å². The van der Waals surface area contributed by atoms with Crippen LogP contribution in [0.15, 0.2) is 24.7 Å². The lowest BCUT2D eigenvalue weighted by Gasteiger charge is -2.02. The number of halogens is 1. The van der Waals surface area contributed by atoms with Crippen molar-refractivity contribution in [1.82, 2.24) is 15.0 Å². The number of hydrogen-bond donors (Lipinski definition) is 3. The molecule has 0 aliphatic carbocycles. The first-order valence-corrected chi connectivity index (χ1v) is 5.15. The Morgan fingerprint density at radius 2 is 2.17 bits per heavy atom. The molecule has 0 atom stereocenters. The lowest BCUT2D eigenvalue weighted by atomic mass is 10.3. The summed E-state index contributed by atoms with van der Waals surface area (Å²) in [6.07, 6.45) is 2.55. The maximum Gasteiger partial charge on any atom is 0.354 e. The van der Waals surface area contributed by atoms with E-state index in [1.165, 1.54) is 12.3 Å². The molecule has 2 aromatic rings. The molecule has 0 bridgehead atoms. The number of hydrogen-bond acceptors (Lipinski definition) is 4. The molecule has 0 spiro atoms. The summed E-state index contributed by atoms with van der Waals surface area (Å²) in [5, 5.41) is 11.6. The smallest absolute Gasteiger partial charge is 0.354 e. The summed E-state index contributed by atoms with van der Waals surface area (Å²) in [7, 11) is 0. The third-order valence-electron chi connectivity index (χ3n) is 2.03. The van der Waals surface area contributed by atoms with E-state index in [4.69, 9.17) is 16.7 Å². The van der Waals surface area contributed by atoms with Crippen LogP contribution in [0, 0.1) is 0 Å². The largest absolute Gasteiger partial charge is 0.477 e. The zero-order valence-corrected chi connectivity index (χ0v) is 9.60. The summed E-state index contributed by atoms with van der Waals surface area (Å²) in [4.78, 5) is 32.5. The van der Waals surface area contributed by atoms with Crippen LogP contribution in [0.25, 0.3) is 0 Å². The van der Waals surface area contributed by atoms with Crippen molar-refractivity contribution in [3.63, 3.8) is 0 Å². The van der Waals surface area contributed by atoms with Gasteiger partial charge in [-0.3, -0.25) is 4.79 Å². The number of carbonyl (C=O) groups is 2. The molecule has 2 heterocycles. The number of aromatic nitrogens is 3. The van der Waals surface area contributed by atoms with Crippen molar-refractivity contribution in [3.8, 4) is 0 Å². The monoisotopic (exact) mass is 266 g/mol. The molecule has 1 amide bonds. The number of aromatic amines is 1. The number of amides is 1. The van der Waals surface area contributed by atoms with Gasteiger partial charge in [0.25, 0.3) is 5.91 Å². The zero-order valence-electron chi connectivity index (χ0n) is 8.85. The molecule has 0 radical (unpaired) electrons. The Morgan fingerprint density at radius 1 is 1.39 bits per heavy atom. The van der Waals surface area contributed by atoms with Gasteiger partial charge in [-0.05, 0) is 12.1 Å².